The highest BCUT2D eigenvalue weighted by molar-refractivity contribution is 7.10. The van der Waals surface area contributed by atoms with Gasteiger partial charge in [-0.2, -0.15) is 0 Å². The fourth-order valence-electron chi connectivity index (χ4n) is 1.74. The van der Waals surface area contributed by atoms with Crippen molar-refractivity contribution >= 4 is 11.3 Å². The third-order valence-corrected chi connectivity index (χ3v) is 3.51. The van der Waals surface area contributed by atoms with Crippen molar-refractivity contribution in [2.24, 2.45) is 5.73 Å². The van der Waals surface area contributed by atoms with Crippen LogP contribution in [0.25, 0.3) is 0 Å². The number of nitrogens with two attached hydrogens (primary N) is 1. The maximum atomic E-state index is 6.24. The van der Waals surface area contributed by atoms with Crippen molar-refractivity contribution in [3.8, 4) is 0 Å². The lowest BCUT2D eigenvalue weighted by molar-refractivity contribution is 0.866. The molecule has 0 radical (unpaired) electrons. The molecule has 0 saturated carbocycles. The van der Waals surface area contributed by atoms with Gasteiger partial charge in [-0.3, -0.25) is 0 Å². The standard InChI is InChI=1S/C13H15NS/c1-9-5-3-4-6-12(9)13(14)11-7-10(2)15-8-11/h3-8,13H,14H2,1-2H3. The van der Waals surface area contributed by atoms with Gasteiger partial charge in [-0.15, -0.1) is 11.3 Å². The van der Waals surface area contributed by atoms with Gasteiger partial charge >= 0.3 is 0 Å². The van der Waals surface area contributed by atoms with E-state index in [0.29, 0.717) is 0 Å². The average Bonchev–Trinajstić information content (AvgIpc) is 2.65. The Morgan fingerprint density at radius 1 is 1.20 bits per heavy atom. The lowest BCUT2D eigenvalue weighted by Crippen LogP contribution is -2.12. The SMILES string of the molecule is Cc1cc(C(N)c2ccccc2C)cs1. The Morgan fingerprint density at radius 2 is 1.93 bits per heavy atom. The van der Waals surface area contributed by atoms with E-state index in [1.807, 2.05) is 12.1 Å². The number of thiophene rings is 1. The third kappa shape index (κ3) is 2.11. The molecule has 1 aromatic heterocycles. The van der Waals surface area contributed by atoms with E-state index in [0.717, 1.165) is 0 Å². The average molecular weight is 217 g/mol. The summed E-state index contributed by atoms with van der Waals surface area (Å²) >= 11 is 1.75. The van der Waals surface area contributed by atoms with Crippen molar-refractivity contribution in [2.45, 2.75) is 19.9 Å². The Kier molecular flexibility index (Phi) is 2.89. The van der Waals surface area contributed by atoms with E-state index in [-0.39, 0.29) is 6.04 Å². The summed E-state index contributed by atoms with van der Waals surface area (Å²) in [7, 11) is 0. The molecule has 2 aromatic rings. The topological polar surface area (TPSA) is 26.0 Å². The van der Waals surface area contributed by atoms with Crippen molar-refractivity contribution in [3.63, 3.8) is 0 Å². The molecule has 0 fully saturated rings. The van der Waals surface area contributed by atoms with Crippen molar-refractivity contribution in [1.82, 2.24) is 0 Å². The highest BCUT2D eigenvalue weighted by atomic mass is 32.1. The molecular formula is C13H15NS. The van der Waals surface area contributed by atoms with Gasteiger partial charge < -0.3 is 5.73 Å². The lowest BCUT2D eigenvalue weighted by Gasteiger charge is -2.13. The van der Waals surface area contributed by atoms with Gasteiger partial charge in [-0.25, -0.2) is 0 Å². The van der Waals surface area contributed by atoms with Gasteiger partial charge in [-0.05, 0) is 42.0 Å². The van der Waals surface area contributed by atoms with Crippen LogP contribution in [0.1, 0.15) is 27.6 Å². The van der Waals surface area contributed by atoms with Crippen LogP contribution in [-0.4, -0.2) is 0 Å². The first-order chi connectivity index (χ1) is 7.18. The Morgan fingerprint density at radius 3 is 2.53 bits per heavy atom. The Balaban J connectivity index is 2.36. The molecule has 2 heteroatoms. The molecule has 0 aliphatic rings. The van der Waals surface area contributed by atoms with Gasteiger partial charge in [0.15, 0.2) is 0 Å². The number of rotatable bonds is 2. The smallest absolute Gasteiger partial charge is 0.0562 e. The second-order valence-corrected chi connectivity index (χ2v) is 4.94. The normalized spacial score (nSPS) is 12.7. The Hall–Kier alpha value is -1.12. The molecule has 0 spiro atoms. The summed E-state index contributed by atoms with van der Waals surface area (Å²) in [6.45, 7) is 4.22. The van der Waals surface area contributed by atoms with Crippen LogP contribution in [0.3, 0.4) is 0 Å². The Labute approximate surface area is 94.6 Å². The summed E-state index contributed by atoms with van der Waals surface area (Å²) in [6.07, 6.45) is 0. The summed E-state index contributed by atoms with van der Waals surface area (Å²) in [5, 5.41) is 2.15. The van der Waals surface area contributed by atoms with Gasteiger partial charge in [-0.1, -0.05) is 24.3 Å². The first-order valence-electron chi connectivity index (χ1n) is 5.04. The van der Waals surface area contributed by atoms with Crippen LogP contribution in [0.2, 0.25) is 0 Å². The summed E-state index contributed by atoms with van der Waals surface area (Å²) in [4.78, 5) is 1.31. The van der Waals surface area contributed by atoms with E-state index in [4.69, 9.17) is 5.73 Å². The molecule has 0 saturated heterocycles. The quantitative estimate of drug-likeness (QED) is 0.819. The minimum atomic E-state index is 0.0103. The summed E-state index contributed by atoms with van der Waals surface area (Å²) < 4.78 is 0. The van der Waals surface area contributed by atoms with Gasteiger partial charge in [0.25, 0.3) is 0 Å². The number of aryl methyl sites for hydroxylation is 2. The van der Waals surface area contributed by atoms with Gasteiger partial charge in [0.05, 0.1) is 6.04 Å². The van der Waals surface area contributed by atoms with Crippen LogP contribution in [-0.2, 0) is 0 Å². The molecule has 1 heterocycles. The molecule has 2 rings (SSSR count). The van der Waals surface area contributed by atoms with Gasteiger partial charge in [0, 0.05) is 4.88 Å². The molecule has 0 amide bonds. The van der Waals surface area contributed by atoms with Crippen LogP contribution >= 0.6 is 11.3 Å². The molecule has 2 N–H and O–H groups in total. The first-order valence-corrected chi connectivity index (χ1v) is 5.92. The van der Waals surface area contributed by atoms with Crippen molar-refractivity contribution in [3.05, 3.63) is 57.3 Å². The minimum Gasteiger partial charge on any atom is -0.320 e. The zero-order chi connectivity index (χ0) is 10.8. The second-order valence-electron chi connectivity index (χ2n) is 3.82. The fraction of sp³-hybridized carbons (Fsp3) is 0.231. The van der Waals surface area contributed by atoms with Crippen molar-refractivity contribution in [2.75, 3.05) is 0 Å². The largest absolute Gasteiger partial charge is 0.320 e. The van der Waals surface area contributed by atoms with E-state index < -0.39 is 0 Å². The molecule has 1 nitrogen and oxygen atoms in total. The van der Waals surface area contributed by atoms with Crippen LogP contribution in [0.4, 0.5) is 0 Å². The molecular weight excluding hydrogens is 202 g/mol. The number of benzene rings is 1. The maximum Gasteiger partial charge on any atom is 0.0562 e. The zero-order valence-electron chi connectivity index (χ0n) is 9.03. The lowest BCUT2D eigenvalue weighted by atomic mass is 9.98. The number of hydrogen-bond acceptors (Lipinski definition) is 2. The summed E-state index contributed by atoms with van der Waals surface area (Å²) in [5.41, 5.74) is 9.93. The van der Waals surface area contributed by atoms with Crippen LogP contribution in [0.5, 0.6) is 0 Å². The fourth-order valence-corrected chi connectivity index (χ4v) is 2.48. The molecule has 1 aromatic carbocycles. The van der Waals surface area contributed by atoms with Gasteiger partial charge in [0.1, 0.15) is 0 Å². The van der Waals surface area contributed by atoms with E-state index in [1.54, 1.807) is 11.3 Å². The molecule has 78 valence electrons. The summed E-state index contributed by atoms with van der Waals surface area (Å²) in [5.74, 6) is 0. The molecule has 0 aliphatic heterocycles. The van der Waals surface area contributed by atoms with E-state index in [1.165, 1.54) is 21.6 Å². The van der Waals surface area contributed by atoms with Crippen LogP contribution in [0.15, 0.2) is 35.7 Å². The molecule has 0 bridgehead atoms. The first kappa shape index (κ1) is 10.4. The number of hydrogen-bond donors (Lipinski definition) is 1. The van der Waals surface area contributed by atoms with Crippen LogP contribution in [0, 0.1) is 13.8 Å². The maximum absolute atomic E-state index is 6.24. The molecule has 0 aliphatic carbocycles. The van der Waals surface area contributed by atoms with Crippen molar-refractivity contribution < 1.29 is 0 Å². The van der Waals surface area contributed by atoms with Crippen LogP contribution < -0.4 is 5.73 Å². The molecule has 1 unspecified atom stereocenters. The van der Waals surface area contributed by atoms with Gasteiger partial charge in [0.2, 0.25) is 0 Å². The third-order valence-electron chi connectivity index (χ3n) is 2.63. The Bertz CT molecular complexity index is 459. The monoisotopic (exact) mass is 217 g/mol. The highest BCUT2D eigenvalue weighted by Crippen LogP contribution is 2.25. The molecule has 1 atom stereocenters. The minimum absolute atomic E-state index is 0.0103. The van der Waals surface area contributed by atoms with E-state index in [2.05, 4.69) is 37.4 Å². The summed E-state index contributed by atoms with van der Waals surface area (Å²) in [6, 6.07) is 10.5. The zero-order valence-corrected chi connectivity index (χ0v) is 9.84. The molecule has 15 heavy (non-hydrogen) atoms. The highest BCUT2D eigenvalue weighted by Gasteiger charge is 2.11. The van der Waals surface area contributed by atoms with E-state index in [9.17, 15) is 0 Å². The van der Waals surface area contributed by atoms with E-state index >= 15 is 0 Å². The van der Waals surface area contributed by atoms with Crippen molar-refractivity contribution in [1.29, 1.82) is 0 Å². The predicted octanol–water partition coefficient (Wildman–Crippen LogP) is 3.41. The predicted molar refractivity (Wildman–Crippen MR) is 66.3 cm³/mol. The second kappa shape index (κ2) is 4.17.